The van der Waals surface area contributed by atoms with Crippen LogP contribution in [0, 0.1) is 0 Å². The summed E-state index contributed by atoms with van der Waals surface area (Å²) in [5, 5.41) is 2.79. The van der Waals surface area contributed by atoms with Crippen molar-refractivity contribution < 1.29 is 9.53 Å². The molecule has 1 aromatic heterocycles. The zero-order chi connectivity index (χ0) is 13.7. The molecule has 1 amide bonds. The number of nitrogens with one attached hydrogen (secondary N) is 1. The van der Waals surface area contributed by atoms with Crippen LogP contribution in [0.5, 0.6) is 5.88 Å². The van der Waals surface area contributed by atoms with Crippen LogP contribution < -0.4 is 15.8 Å². The molecule has 0 saturated carbocycles. The number of hydrogen-bond acceptors (Lipinski definition) is 4. The summed E-state index contributed by atoms with van der Waals surface area (Å²) >= 11 is 0. The van der Waals surface area contributed by atoms with Crippen molar-refractivity contribution in [2.45, 2.75) is 6.54 Å². The topological polar surface area (TPSA) is 77.2 Å². The molecule has 0 aliphatic heterocycles. The van der Waals surface area contributed by atoms with Gasteiger partial charge in [-0.1, -0.05) is 18.2 Å². The molecule has 0 aliphatic carbocycles. The standard InChI is InChI=1S/C14H15N3O2/c1-19-14-10(5-4-8-16-14)9-17-13(18)11-6-2-3-7-12(11)15/h2-8H,9,15H2,1H3,(H,17,18). The number of rotatable bonds is 4. The lowest BCUT2D eigenvalue weighted by Gasteiger charge is -2.09. The van der Waals surface area contributed by atoms with Crippen LogP contribution in [-0.4, -0.2) is 18.0 Å². The van der Waals surface area contributed by atoms with Crippen LogP contribution in [0.3, 0.4) is 0 Å². The van der Waals surface area contributed by atoms with E-state index in [9.17, 15) is 4.79 Å². The molecule has 5 heteroatoms. The van der Waals surface area contributed by atoms with E-state index in [1.807, 2.05) is 6.07 Å². The second kappa shape index (κ2) is 5.86. The van der Waals surface area contributed by atoms with Crippen molar-refractivity contribution in [1.29, 1.82) is 0 Å². The minimum absolute atomic E-state index is 0.219. The van der Waals surface area contributed by atoms with Gasteiger partial charge in [0, 0.05) is 24.0 Å². The van der Waals surface area contributed by atoms with Gasteiger partial charge in [0.05, 0.1) is 12.7 Å². The van der Waals surface area contributed by atoms with Crippen LogP contribution in [0.4, 0.5) is 5.69 Å². The fraction of sp³-hybridized carbons (Fsp3) is 0.143. The lowest BCUT2D eigenvalue weighted by Crippen LogP contribution is -2.24. The van der Waals surface area contributed by atoms with Gasteiger partial charge in [0.1, 0.15) is 0 Å². The van der Waals surface area contributed by atoms with Crippen LogP contribution in [0.15, 0.2) is 42.6 Å². The highest BCUT2D eigenvalue weighted by Crippen LogP contribution is 2.14. The number of hydrogen-bond donors (Lipinski definition) is 2. The van der Waals surface area contributed by atoms with Gasteiger partial charge in [-0.3, -0.25) is 4.79 Å². The first-order valence-electron chi connectivity index (χ1n) is 5.83. The Kier molecular flexibility index (Phi) is 3.97. The highest BCUT2D eigenvalue weighted by atomic mass is 16.5. The Labute approximate surface area is 111 Å². The number of aromatic nitrogens is 1. The Morgan fingerprint density at radius 1 is 1.32 bits per heavy atom. The molecule has 0 aliphatic rings. The third-order valence-electron chi connectivity index (χ3n) is 2.69. The molecule has 5 nitrogen and oxygen atoms in total. The fourth-order valence-corrected chi connectivity index (χ4v) is 1.72. The highest BCUT2D eigenvalue weighted by molar-refractivity contribution is 5.99. The predicted molar refractivity (Wildman–Crippen MR) is 72.8 cm³/mol. The number of carbonyl (C=O) groups excluding carboxylic acids is 1. The van der Waals surface area contributed by atoms with E-state index in [-0.39, 0.29) is 5.91 Å². The van der Waals surface area contributed by atoms with Crippen molar-refractivity contribution >= 4 is 11.6 Å². The molecule has 0 radical (unpaired) electrons. The van der Waals surface area contributed by atoms with Crippen molar-refractivity contribution in [1.82, 2.24) is 10.3 Å². The number of benzene rings is 1. The summed E-state index contributed by atoms with van der Waals surface area (Å²) < 4.78 is 5.12. The number of nitrogens with two attached hydrogens (primary N) is 1. The zero-order valence-electron chi connectivity index (χ0n) is 10.6. The quantitative estimate of drug-likeness (QED) is 0.816. The van der Waals surface area contributed by atoms with Gasteiger partial charge < -0.3 is 15.8 Å². The molecule has 0 unspecified atom stereocenters. The third-order valence-corrected chi connectivity index (χ3v) is 2.69. The van der Waals surface area contributed by atoms with Crippen LogP contribution in [0.25, 0.3) is 0 Å². The zero-order valence-corrected chi connectivity index (χ0v) is 10.6. The minimum atomic E-state index is -0.219. The molecular formula is C14H15N3O2. The predicted octanol–water partition coefficient (Wildman–Crippen LogP) is 1.60. The van der Waals surface area contributed by atoms with E-state index >= 15 is 0 Å². The number of anilines is 1. The van der Waals surface area contributed by atoms with E-state index in [2.05, 4.69) is 10.3 Å². The maximum Gasteiger partial charge on any atom is 0.253 e. The Morgan fingerprint density at radius 2 is 2.11 bits per heavy atom. The van der Waals surface area contributed by atoms with Gasteiger partial charge in [0.2, 0.25) is 5.88 Å². The van der Waals surface area contributed by atoms with E-state index in [1.165, 1.54) is 0 Å². The maximum atomic E-state index is 12.0. The number of para-hydroxylation sites is 1. The van der Waals surface area contributed by atoms with Crippen molar-refractivity contribution in [3.05, 3.63) is 53.7 Å². The SMILES string of the molecule is COc1ncccc1CNC(=O)c1ccccc1N. The molecule has 2 rings (SSSR count). The Morgan fingerprint density at radius 3 is 2.84 bits per heavy atom. The van der Waals surface area contributed by atoms with E-state index in [0.29, 0.717) is 23.7 Å². The third kappa shape index (κ3) is 3.01. The number of methoxy groups -OCH3 is 1. The highest BCUT2D eigenvalue weighted by Gasteiger charge is 2.10. The summed E-state index contributed by atoms with van der Waals surface area (Å²) in [6, 6.07) is 10.6. The first-order valence-corrected chi connectivity index (χ1v) is 5.83. The number of nitrogen functional groups attached to an aromatic ring is 1. The molecule has 0 spiro atoms. The molecule has 0 bridgehead atoms. The molecule has 2 aromatic rings. The van der Waals surface area contributed by atoms with Gasteiger partial charge >= 0.3 is 0 Å². The lowest BCUT2D eigenvalue weighted by molar-refractivity contribution is 0.0951. The van der Waals surface area contributed by atoms with E-state index < -0.39 is 0 Å². The number of ether oxygens (including phenoxy) is 1. The summed E-state index contributed by atoms with van der Waals surface area (Å²) in [5.41, 5.74) is 7.48. The molecule has 3 N–H and O–H groups in total. The number of pyridine rings is 1. The first kappa shape index (κ1) is 12.9. The summed E-state index contributed by atoms with van der Waals surface area (Å²) in [6.07, 6.45) is 1.64. The van der Waals surface area contributed by atoms with Gasteiger partial charge in [0.25, 0.3) is 5.91 Å². The number of nitrogens with zero attached hydrogens (tertiary/aromatic N) is 1. The number of amides is 1. The van der Waals surface area contributed by atoms with Crippen LogP contribution in [-0.2, 0) is 6.54 Å². The largest absolute Gasteiger partial charge is 0.481 e. The first-order chi connectivity index (χ1) is 9.22. The number of carbonyl (C=O) groups is 1. The Balaban J connectivity index is 2.07. The maximum absolute atomic E-state index is 12.0. The van der Waals surface area contributed by atoms with Crippen molar-refractivity contribution in [2.24, 2.45) is 0 Å². The van der Waals surface area contributed by atoms with E-state index in [4.69, 9.17) is 10.5 Å². The van der Waals surface area contributed by atoms with Gasteiger partial charge in [-0.05, 0) is 18.2 Å². The molecule has 98 valence electrons. The smallest absolute Gasteiger partial charge is 0.253 e. The normalized spacial score (nSPS) is 9.95. The van der Waals surface area contributed by atoms with Crippen molar-refractivity contribution in [3.63, 3.8) is 0 Å². The Hall–Kier alpha value is -2.56. The molecule has 0 atom stereocenters. The van der Waals surface area contributed by atoms with Gasteiger partial charge in [-0.25, -0.2) is 4.98 Å². The van der Waals surface area contributed by atoms with Gasteiger partial charge in [-0.15, -0.1) is 0 Å². The summed E-state index contributed by atoms with van der Waals surface area (Å²) in [7, 11) is 1.54. The molecule has 19 heavy (non-hydrogen) atoms. The summed E-state index contributed by atoms with van der Waals surface area (Å²) in [6.45, 7) is 0.337. The van der Waals surface area contributed by atoms with Crippen LogP contribution >= 0.6 is 0 Å². The van der Waals surface area contributed by atoms with Crippen molar-refractivity contribution in [3.8, 4) is 5.88 Å². The summed E-state index contributed by atoms with van der Waals surface area (Å²) in [5.74, 6) is 0.285. The monoisotopic (exact) mass is 257 g/mol. The lowest BCUT2D eigenvalue weighted by atomic mass is 10.1. The fourth-order valence-electron chi connectivity index (χ4n) is 1.72. The average Bonchev–Trinajstić information content (AvgIpc) is 2.45. The molecule has 1 aromatic carbocycles. The average molecular weight is 257 g/mol. The van der Waals surface area contributed by atoms with Gasteiger partial charge in [-0.2, -0.15) is 0 Å². The molecule has 0 fully saturated rings. The second-order valence-electron chi connectivity index (χ2n) is 3.94. The van der Waals surface area contributed by atoms with E-state index in [1.54, 1.807) is 43.6 Å². The van der Waals surface area contributed by atoms with Crippen LogP contribution in [0.2, 0.25) is 0 Å². The van der Waals surface area contributed by atoms with E-state index in [0.717, 1.165) is 5.56 Å². The van der Waals surface area contributed by atoms with Crippen molar-refractivity contribution in [2.75, 3.05) is 12.8 Å². The Bertz CT molecular complexity index is 584. The van der Waals surface area contributed by atoms with Gasteiger partial charge in [0.15, 0.2) is 0 Å². The summed E-state index contributed by atoms with van der Waals surface area (Å²) in [4.78, 5) is 16.1. The second-order valence-corrected chi connectivity index (χ2v) is 3.94. The molecule has 1 heterocycles. The molecular weight excluding hydrogens is 242 g/mol. The molecule has 0 saturated heterocycles. The minimum Gasteiger partial charge on any atom is -0.481 e. The van der Waals surface area contributed by atoms with Crippen LogP contribution in [0.1, 0.15) is 15.9 Å².